The average molecular weight is 288 g/mol. The number of aliphatic hydroxyl groups is 1. The van der Waals surface area contributed by atoms with Gasteiger partial charge in [-0.15, -0.1) is 0 Å². The van der Waals surface area contributed by atoms with Crippen molar-refractivity contribution in [1.29, 1.82) is 0 Å². The molecule has 106 valence electrons. The minimum Gasteiger partial charge on any atom is -0.384 e. The summed E-state index contributed by atoms with van der Waals surface area (Å²) in [6.07, 6.45) is -1.24. The number of fused-ring (bicyclic) bond motifs is 1. The largest absolute Gasteiger partial charge is 0.384 e. The lowest BCUT2D eigenvalue weighted by Crippen LogP contribution is -2.03. The Bertz CT molecular complexity index is 786. The SMILES string of the molecule is OC(c1cc(F)c(F)c(F)c1)c1cccc2ccccc12. The lowest BCUT2D eigenvalue weighted by molar-refractivity contribution is 0.220. The van der Waals surface area contributed by atoms with Crippen molar-refractivity contribution in [3.63, 3.8) is 0 Å². The molecule has 4 heteroatoms. The molecule has 0 fully saturated rings. The van der Waals surface area contributed by atoms with E-state index in [-0.39, 0.29) is 5.56 Å². The Morgan fingerprint density at radius 3 is 2.14 bits per heavy atom. The molecule has 0 saturated carbocycles. The van der Waals surface area contributed by atoms with Gasteiger partial charge in [0.15, 0.2) is 17.5 Å². The van der Waals surface area contributed by atoms with Crippen LogP contribution in [-0.2, 0) is 0 Å². The van der Waals surface area contributed by atoms with Crippen LogP contribution in [-0.4, -0.2) is 5.11 Å². The van der Waals surface area contributed by atoms with Gasteiger partial charge in [0, 0.05) is 0 Å². The highest BCUT2D eigenvalue weighted by atomic mass is 19.2. The maximum Gasteiger partial charge on any atom is 0.194 e. The van der Waals surface area contributed by atoms with E-state index in [4.69, 9.17) is 0 Å². The molecule has 0 saturated heterocycles. The van der Waals surface area contributed by atoms with Crippen LogP contribution in [0.25, 0.3) is 10.8 Å². The summed E-state index contributed by atoms with van der Waals surface area (Å²) in [5.41, 5.74) is 0.487. The molecular weight excluding hydrogens is 277 g/mol. The number of rotatable bonds is 2. The highest BCUT2D eigenvalue weighted by Gasteiger charge is 2.18. The second-order valence-corrected chi connectivity index (χ2v) is 4.77. The maximum atomic E-state index is 13.3. The van der Waals surface area contributed by atoms with Gasteiger partial charge < -0.3 is 5.11 Å². The minimum absolute atomic E-state index is 0.0252. The van der Waals surface area contributed by atoms with Gasteiger partial charge in [-0.1, -0.05) is 42.5 Å². The Hall–Kier alpha value is -2.33. The van der Waals surface area contributed by atoms with E-state index in [1.165, 1.54) is 0 Å². The van der Waals surface area contributed by atoms with Crippen molar-refractivity contribution in [1.82, 2.24) is 0 Å². The van der Waals surface area contributed by atoms with Crippen LogP contribution in [0.5, 0.6) is 0 Å². The number of benzene rings is 3. The quantitative estimate of drug-likeness (QED) is 0.695. The first-order chi connectivity index (χ1) is 10.1. The Morgan fingerprint density at radius 2 is 1.43 bits per heavy atom. The Kier molecular flexibility index (Phi) is 3.39. The van der Waals surface area contributed by atoms with Crippen molar-refractivity contribution >= 4 is 10.8 Å². The van der Waals surface area contributed by atoms with Crippen molar-refractivity contribution in [2.75, 3.05) is 0 Å². The third-order valence-corrected chi connectivity index (χ3v) is 3.44. The monoisotopic (exact) mass is 288 g/mol. The number of hydrogen-bond donors (Lipinski definition) is 1. The van der Waals surface area contributed by atoms with Crippen LogP contribution in [0.4, 0.5) is 13.2 Å². The van der Waals surface area contributed by atoms with Gasteiger partial charge in [-0.2, -0.15) is 0 Å². The molecule has 0 amide bonds. The molecule has 1 unspecified atom stereocenters. The van der Waals surface area contributed by atoms with Crippen molar-refractivity contribution in [3.8, 4) is 0 Å². The molecule has 0 radical (unpaired) electrons. The molecular formula is C17H11F3O. The van der Waals surface area contributed by atoms with Gasteiger partial charge in [0.2, 0.25) is 0 Å². The van der Waals surface area contributed by atoms with Gasteiger partial charge in [-0.25, -0.2) is 13.2 Å². The summed E-state index contributed by atoms with van der Waals surface area (Å²) in [4.78, 5) is 0. The molecule has 3 aromatic carbocycles. The second-order valence-electron chi connectivity index (χ2n) is 4.77. The van der Waals surface area contributed by atoms with Gasteiger partial charge in [0.05, 0.1) is 0 Å². The van der Waals surface area contributed by atoms with E-state index in [2.05, 4.69) is 0 Å². The lowest BCUT2D eigenvalue weighted by Gasteiger charge is -2.14. The Balaban J connectivity index is 2.15. The first-order valence-corrected chi connectivity index (χ1v) is 6.38. The first kappa shape index (κ1) is 13.6. The highest BCUT2D eigenvalue weighted by molar-refractivity contribution is 5.86. The maximum absolute atomic E-state index is 13.3. The molecule has 21 heavy (non-hydrogen) atoms. The van der Waals surface area contributed by atoms with Crippen molar-refractivity contribution in [2.24, 2.45) is 0 Å². The second kappa shape index (κ2) is 5.22. The van der Waals surface area contributed by atoms with Crippen LogP contribution >= 0.6 is 0 Å². The van der Waals surface area contributed by atoms with Crippen LogP contribution in [0, 0.1) is 17.5 Å². The molecule has 0 bridgehead atoms. The highest BCUT2D eigenvalue weighted by Crippen LogP contribution is 2.30. The van der Waals surface area contributed by atoms with Gasteiger partial charge >= 0.3 is 0 Å². The van der Waals surface area contributed by atoms with E-state index in [1.54, 1.807) is 12.1 Å². The zero-order valence-electron chi connectivity index (χ0n) is 10.9. The van der Waals surface area contributed by atoms with E-state index >= 15 is 0 Å². The topological polar surface area (TPSA) is 20.2 Å². The van der Waals surface area contributed by atoms with Crippen LogP contribution in [0.1, 0.15) is 17.2 Å². The van der Waals surface area contributed by atoms with E-state index < -0.39 is 23.6 Å². The Labute approximate surface area is 119 Å². The first-order valence-electron chi connectivity index (χ1n) is 6.38. The smallest absolute Gasteiger partial charge is 0.194 e. The van der Waals surface area contributed by atoms with Gasteiger partial charge in [-0.3, -0.25) is 0 Å². The standard InChI is InChI=1S/C17H11F3O/c18-14-8-11(9-15(19)16(14)20)17(21)13-7-3-5-10-4-1-2-6-12(10)13/h1-9,17,21H. The van der Waals surface area contributed by atoms with E-state index in [0.717, 1.165) is 22.9 Å². The molecule has 1 nitrogen and oxygen atoms in total. The summed E-state index contributed by atoms with van der Waals surface area (Å²) in [5, 5.41) is 12.0. The number of hydrogen-bond acceptors (Lipinski definition) is 1. The normalized spacial score (nSPS) is 12.6. The van der Waals surface area contributed by atoms with Crippen molar-refractivity contribution < 1.29 is 18.3 Å². The molecule has 0 aliphatic heterocycles. The fourth-order valence-electron chi connectivity index (χ4n) is 2.40. The fourth-order valence-corrected chi connectivity index (χ4v) is 2.40. The van der Waals surface area contributed by atoms with Crippen molar-refractivity contribution in [3.05, 3.63) is 83.2 Å². The van der Waals surface area contributed by atoms with Gasteiger partial charge in [0.25, 0.3) is 0 Å². The third-order valence-electron chi connectivity index (χ3n) is 3.44. The predicted molar refractivity (Wildman–Crippen MR) is 74.3 cm³/mol. The summed E-state index contributed by atoms with van der Waals surface area (Å²) in [6, 6.07) is 14.3. The molecule has 3 rings (SSSR count). The Morgan fingerprint density at radius 1 is 0.810 bits per heavy atom. The average Bonchev–Trinajstić information content (AvgIpc) is 2.51. The molecule has 0 heterocycles. The summed E-state index contributed by atoms with van der Waals surface area (Å²) in [7, 11) is 0. The van der Waals surface area contributed by atoms with Crippen LogP contribution in [0.3, 0.4) is 0 Å². The molecule has 0 aliphatic rings. The summed E-state index contributed by atoms with van der Waals surface area (Å²) in [5.74, 6) is -4.17. The fraction of sp³-hybridized carbons (Fsp3) is 0.0588. The minimum atomic E-state index is -1.54. The van der Waals surface area contributed by atoms with E-state index in [1.807, 2.05) is 30.3 Å². The van der Waals surface area contributed by atoms with Crippen LogP contribution in [0.15, 0.2) is 54.6 Å². The molecule has 0 spiro atoms. The van der Waals surface area contributed by atoms with Crippen LogP contribution < -0.4 is 0 Å². The zero-order chi connectivity index (χ0) is 15.0. The van der Waals surface area contributed by atoms with Gasteiger partial charge in [0.1, 0.15) is 6.10 Å². The number of aliphatic hydroxyl groups excluding tert-OH is 1. The third kappa shape index (κ3) is 2.38. The predicted octanol–water partition coefficient (Wildman–Crippen LogP) is 4.34. The zero-order valence-corrected chi connectivity index (χ0v) is 10.9. The van der Waals surface area contributed by atoms with Crippen LogP contribution in [0.2, 0.25) is 0 Å². The molecule has 0 aliphatic carbocycles. The molecule has 3 aromatic rings. The summed E-state index contributed by atoms with van der Waals surface area (Å²) in [6.45, 7) is 0. The van der Waals surface area contributed by atoms with Gasteiger partial charge in [-0.05, 0) is 34.0 Å². The van der Waals surface area contributed by atoms with E-state index in [0.29, 0.717) is 5.56 Å². The van der Waals surface area contributed by atoms with Crippen molar-refractivity contribution in [2.45, 2.75) is 6.10 Å². The number of halogens is 3. The lowest BCUT2D eigenvalue weighted by atomic mass is 9.96. The summed E-state index contributed by atoms with van der Waals surface area (Å²) >= 11 is 0. The molecule has 0 aromatic heterocycles. The molecule has 1 N–H and O–H groups in total. The summed E-state index contributed by atoms with van der Waals surface area (Å²) < 4.78 is 39.6. The molecule has 1 atom stereocenters. The van der Waals surface area contributed by atoms with E-state index in [9.17, 15) is 18.3 Å².